The molecule has 1 fully saturated rings. The summed E-state index contributed by atoms with van der Waals surface area (Å²) in [5.74, 6) is 0.290. The van der Waals surface area contributed by atoms with E-state index in [9.17, 15) is 22.4 Å². The maximum Gasteiger partial charge on any atom is 0.416 e. The molecule has 0 aromatic heterocycles. The first-order valence-corrected chi connectivity index (χ1v) is 11.6. The van der Waals surface area contributed by atoms with Gasteiger partial charge in [-0.1, -0.05) is 38.1 Å². The monoisotopic (exact) mass is 501 g/mol. The molecule has 0 aliphatic carbocycles. The molecular weight excluding hydrogens is 474 g/mol. The highest BCUT2D eigenvalue weighted by atomic mass is 19.4. The van der Waals surface area contributed by atoms with Gasteiger partial charge in [-0.25, -0.2) is 9.18 Å². The third kappa shape index (κ3) is 5.03. The molecule has 1 heterocycles. The zero-order valence-corrected chi connectivity index (χ0v) is 20.4. The number of ether oxygens (including phenoxy) is 2. The van der Waals surface area contributed by atoms with Crippen LogP contribution in [0.1, 0.15) is 55.0 Å². The molecule has 36 heavy (non-hydrogen) atoms. The van der Waals surface area contributed by atoms with E-state index in [0.29, 0.717) is 28.0 Å². The molecule has 0 unspecified atom stereocenters. The Morgan fingerprint density at radius 2 is 1.69 bits per heavy atom. The molecule has 4 nitrogen and oxygen atoms in total. The third-order valence-corrected chi connectivity index (χ3v) is 6.54. The second-order valence-corrected chi connectivity index (χ2v) is 9.21. The smallest absolute Gasteiger partial charge is 0.416 e. The molecule has 0 spiro atoms. The van der Waals surface area contributed by atoms with Gasteiger partial charge in [0.25, 0.3) is 0 Å². The molecule has 8 heteroatoms. The number of hydrogen-bond donors (Lipinski definition) is 0. The van der Waals surface area contributed by atoms with Gasteiger partial charge in [0.2, 0.25) is 0 Å². The Labute approximate surface area is 207 Å². The highest BCUT2D eigenvalue weighted by Crippen LogP contribution is 2.40. The quantitative estimate of drug-likeness (QED) is 0.325. The summed E-state index contributed by atoms with van der Waals surface area (Å²) in [6.45, 7) is 5.70. The van der Waals surface area contributed by atoms with Crippen molar-refractivity contribution in [2.24, 2.45) is 0 Å². The van der Waals surface area contributed by atoms with Gasteiger partial charge in [-0.05, 0) is 71.5 Å². The Hall–Kier alpha value is -3.55. The summed E-state index contributed by atoms with van der Waals surface area (Å²) in [6, 6.07) is 14.3. The summed E-state index contributed by atoms with van der Waals surface area (Å²) in [4.78, 5) is 14.2. The number of carbonyl (C=O) groups excluding carboxylic acids is 1. The lowest BCUT2D eigenvalue weighted by Gasteiger charge is -2.24. The second-order valence-electron chi connectivity index (χ2n) is 9.21. The van der Waals surface area contributed by atoms with E-state index < -0.39 is 35.8 Å². The van der Waals surface area contributed by atoms with E-state index in [1.165, 1.54) is 42.3 Å². The number of alkyl halides is 3. The number of amides is 1. The van der Waals surface area contributed by atoms with Crippen LogP contribution >= 0.6 is 0 Å². The van der Waals surface area contributed by atoms with Crippen LogP contribution in [-0.2, 0) is 17.5 Å². The summed E-state index contributed by atoms with van der Waals surface area (Å²) in [6.07, 6.45) is -5.88. The van der Waals surface area contributed by atoms with Gasteiger partial charge < -0.3 is 9.47 Å². The van der Waals surface area contributed by atoms with E-state index in [-0.39, 0.29) is 12.5 Å². The average molecular weight is 502 g/mol. The fourth-order valence-corrected chi connectivity index (χ4v) is 4.45. The number of halogens is 4. The van der Waals surface area contributed by atoms with Crippen molar-refractivity contribution in [2.45, 2.75) is 51.6 Å². The molecule has 0 bridgehead atoms. The first-order chi connectivity index (χ1) is 17.0. The third-order valence-electron chi connectivity index (χ3n) is 6.54. The maximum absolute atomic E-state index is 13.6. The van der Waals surface area contributed by atoms with Crippen LogP contribution in [0.15, 0.2) is 60.7 Å². The first kappa shape index (κ1) is 25.5. The summed E-state index contributed by atoms with van der Waals surface area (Å²) in [7, 11) is 1.50. The number of nitrogens with zero attached hydrogens (tertiary/aromatic N) is 1. The predicted octanol–water partition coefficient (Wildman–Crippen LogP) is 7.73. The van der Waals surface area contributed by atoms with Crippen molar-refractivity contribution in [3.8, 4) is 16.9 Å². The molecule has 0 radical (unpaired) electrons. The first-order valence-electron chi connectivity index (χ1n) is 11.6. The van der Waals surface area contributed by atoms with Gasteiger partial charge in [0, 0.05) is 5.56 Å². The Morgan fingerprint density at radius 3 is 2.31 bits per heavy atom. The van der Waals surface area contributed by atoms with E-state index in [4.69, 9.17) is 9.47 Å². The second kappa shape index (κ2) is 9.84. The number of hydrogen-bond acceptors (Lipinski definition) is 3. The van der Waals surface area contributed by atoms with Crippen LogP contribution in [0.25, 0.3) is 11.1 Å². The molecule has 3 aromatic carbocycles. The van der Waals surface area contributed by atoms with Crippen LogP contribution in [0, 0.1) is 5.82 Å². The molecular formula is C28H27F4NO3. The van der Waals surface area contributed by atoms with Crippen LogP contribution in [0.4, 0.5) is 22.4 Å². The molecule has 1 aliphatic rings. The zero-order chi connectivity index (χ0) is 26.2. The fourth-order valence-electron chi connectivity index (χ4n) is 4.45. The van der Waals surface area contributed by atoms with Crippen molar-refractivity contribution in [1.82, 2.24) is 4.90 Å². The van der Waals surface area contributed by atoms with Crippen molar-refractivity contribution in [3.63, 3.8) is 0 Å². The standard InChI is InChI=1S/C28H27F4NO3/c1-16(2)19-7-12-25(35-4)24(14-19)23-11-8-21(28(30,31)32)13-20(23)15-33-17(3)26(36-27(33)34)18-5-9-22(29)10-6-18/h5-14,16-17,26H,15H2,1-4H3/t17-,26-/m1/s1. The minimum absolute atomic E-state index is 0.105. The molecule has 1 saturated heterocycles. The molecule has 2 atom stereocenters. The average Bonchev–Trinajstić information content (AvgIpc) is 3.11. The van der Waals surface area contributed by atoms with Gasteiger partial charge in [0.1, 0.15) is 17.7 Å². The largest absolute Gasteiger partial charge is 0.496 e. The minimum atomic E-state index is -4.55. The van der Waals surface area contributed by atoms with Gasteiger partial charge in [0.05, 0.1) is 25.3 Å². The molecule has 190 valence electrons. The minimum Gasteiger partial charge on any atom is -0.496 e. The van der Waals surface area contributed by atoms with Gasteiger partial charge in [-0.15, -0.1) is 0 Å². The lowest BCUT2D eigenvalue weighted by molar-refractivity contribution is -0.137. The van der Waals surface area contributed by atoms with Gasteiger partial charge in [-0.2, -0.15) is 13.2 Å². The Kier molecular flexibility index (Phi) is 6.98. The fraction of sp³-hybridized carbons (Fsp3) is 0.321. The van der Waals surface area contributed by atoms with Crippen LogP contribution < -0.4 is 4.74 Å². The number of methoxy groups -OCH3 is 1. The van der Waals surface area contributed by atoms with Gasteiger partial charge >= 0.3 is 12.3 Å². The van der Waals surface area contributed by atoms with E-state index in [1.54, 1.807) is 13.0 Å². The SMILES string of the molecule is COc1ccc(C(C)C)cc1-c1ccc(C(F)(F)F)cc1CN1C(=O)O[C@@H](c2ccc(F)cc2)[C@H]1C. The Morgan fingerprint density at radius 1 is 1.00 bits per heavy atom. The molecule has 1 aliphatic heterocycles. The van der Waals surface area contributed by atoms with Crippen molar-refractivity contribution < 1.29 is 31.8 Å². The Balaban J connectivity index is 1.77. The summed E-state index contributed by atoms with van der Waals surface area (Å²) in [5.41, 5.74) is 2.29. The van der Waals surface area contributed by atoms with Gasteiger partial charge in [-0.3, -0.25) is 4.90 Å². The van der Waals surface area contributed by atoms with Crippen molar-refractivity contribution in [3.05, 3.63) is 88.7 Å². The maximum atomic E-state index is 13.6. The summed E-state index contributed by atoms with van der Waals surface area (Å²) in [5, 5.41) is 0. The molecule has 1 amide bonds. The number of carbonyl (C=O) groups is 1. The summed E-state index contributed by atoms with van der Waals surface area (Å²) < 4.78 is 65.4. The molecule has 0 saturated carbocycles. The van der Waals surface area contributed by atoms with E-state index in [0.717, 1.165) is 17.7 Å². The van der Waals surface area contributed by atoms with Crippen LogP contribution in [0.2, 0.25) is 0 Å². The predicted molar refractivity (Wildman–Crippen MR) is 128 cm³/mol. The van der Waals surface area contributed by atoms with E-state index in [2.05, 4.69) is 0 Å². The zero-order valence-electron chi connectivity index (χ0n) is 20.4. The highest BCUT2D eigenvalue weighted by Gasteiger charge is 2.40. The van der Waals surface area contributed by atoms with Crippen LogP contribution in [-0.4, -0.2) is 24.1 Å². The van der Waals surface area contributed by atoms with Crippen molar-refractivity contribution >= 4 is 6.09 Å². The van der Waals surface area contributed by atoms with Crippen molar-refractivity contribution in [2.75, 3.05) is 7.11 Å². The lowest BCUT2D eigenvalue weighted by atomic mass is 9.92. The van der Waals surface area contributed by atoms with E-state index in [1.807, 2.05) is 26.0 Å². The topological polar surface area (TPSA) is 38.8 Å². The molecule has 0 N–H and O–H groups in total. The number of rotatable bonds is 6. The molecule has 4 rings (SSSR count). The lowest BCUT2D eigenvalue weighted by Crippen LogP contribution is -2.31. The van der Waals surface area contributed by atoms with Crippen LogP contribution in [0.5, 0.6) is 5.75 Å². The summed E-state index contributed by atoms with van der Waals surface area (Å²) >= 11 is 0. The van der Waals surface area contributed by atoms with E-state index >= 15 is 0 Å². The number of benzene rings is 3. The molecule has 3 aromatic rings. The van der Waals surface area contributed by atoms with Gasteiger partial charge in [0.15, 0.2) is 0 Å². The van der Waals surface area contributed by atoms with Crippen molar-refractivity contribution in [1.29, 1.82) is 0 Å². The normalized spacial score (nSPS) is 18.0. The van der Waals surface area contributed by atoms with Crippen LogP contribution in [0.3, 0.4) is 0 Å². The number of cyclic esters (lactones) is 1. The highest BCUT2D eigenvalue weighted by molar-refractivity contribution is 5.76. The Bertz CT molecular complexity index is 1250.